The van der Waals surface area contributed by atoms with E-state index in [1.54, 1.807) is 6.07 Å². The molecule has 0 bridgehead atoms. The topological polar surface area (TPSA) is 170 Å². The standard InChI is InChI=1S/C54H32N4O.C36H21ClN4O.C18H13BO2/c1-3-14-34(15-4-1)52-56-53(35-16-5-2-6-17-35)58-54(57-52)36-28-26-33(27-29-36)49-51-48(44-22-11-12-25-47(44)59-51)45-24-13-23-38(50(45)55-49)37-30-31-43-41-20-8-7-18-39(41)40-19-9-10-21-42(40)46(43)32-37;37-28-16-9-15-27-30-26-14-7-8-17-29(26)42-33(30)31(38-32(27)28)22-18-20-25(21-19-22)36-40-34(23-10-3-1-4-11-23)39-35(41-36)24-12-5-2-6-13-24;20-19(21)12-9-10-17-15-7-2-1-5-13(15)14-6-3-4-8-16(14)18(17)11-12/h1-32H;1-21H;1-11,20-21H. The van der Waals surface area contributed by atoms with Crippen molar-refractivity contribution < 1.29 is 18.9 Å². The van der Waals surface area contributed by atoms with Crippen LogP contribution in [0.4, 0.5) is 0 Å². The number of benzene rings is 18. The molecule has 0 aliphatic rings. The number of fused-ring (bicyclic) bond motifs is 22. The summed E-state index contributed by atoms with van der Waals surface area (Å²) in [6.45, 7) is 0. The van der Waals surface area contributed by atoms with Gasteiger partial charge in [-0.1, -0.05) is 376 Å². The van der Waals surface area contributed by atoms with Crippen LogP contribution in [0.15, 0.2) is 397 Å². The molecule has 0 aliphatic carbocycles. The van der Waals surface area contributed by atoms with Gasteiger partial charge in [0.05, 0.1) is 16.1 Å². The third kappa shape index (κ3) is 13.0. The molecule has 12 nitrogen and oxygen atoms in total. The van der Waals surface area contributed by atoms with Crippen LogP contribution in [0.1, 0.15) is 0 Å². The van der Waals surface area contributed by atoms with Crippen molar-refractivity contribution in [1.82, 2.24) is 39.9 Å². The van der Waals surface area contributed by atoms with Gasteiger partial charge in [-0.15, -0.1) is 0 Å². The van der Waals surface area contributed by atoms with Gasteiger partial charge in [-0.2, -0.15) is 0 Å². The Kier molecular flexibility index (Phi) is 18.2. The Bertz CT molecular complexity index is 8060. The zero-order valence-corrected chi connectivity index (χ0v) is 66.0. The zero-order valence-electron chi connectivity index (χ0n) is 65.2. The molecule has 0 fully saturated rings. The van der Waals surface area contributed by atoms with Gasteiger partial charge in [-0.25, -0.2) is 39.9 Å². The molecule has 0 amide bonds. The molecule has 14 heteroatoms. The Morgan fingerprint density at radius 3 is 0.877 bits per heavy atom. The first-order chi connectivity index (χ1) is 60.2. The van der Waals surface area contributed by atoms with E-state index in [9.17, 15) is 10.0 Å². The van der Waals surface area contributed by atoms with Crippen molar-refractivity contribution in [3.63, 3.8) is 0 Å². The molecule has 2 N–H and O–H groups in total. The lowest BCUT2D eigenvalue weighted by atomic mass is 9.78. The molecule has 24 aromatic rings. The zero-order chi connectivity index (χ0) is 81.3. The maximum absolute atomic E-state index is 9.42. The second-order valence-corrected chi connectivity index (χ2v) is 30.6. The molecular formula is C108H66BClN8O4. The van der Waals surface area contributed by atoms with Crippen molar-refractivity contribution in [2.45, 2.75) is 0 Å². The number of furan rings is 2. The van der Waals surface area contributed by atoms with Crippen molar-refractivity contribution in [3.8, 4) is 102 Å². The normalized spacial score (nSPS) is 11.6. The van der Waals surface area contributed by atoms with Crippen molar-refractivity contribution in [2.75, 3.05) is 0 Å². The number of halogens is 1. The Morgan fingerprint density at radius 1 is 0.213 bits per heavy atom. The number of rotatable bonds is 10. The molecule has 0 saturated carbocycles. The lowest BCUT2D eigenvalue weighted by Crippen LogP contribution is -2.29. The van der Waals surface area contributed by atoms with E-state index in [1.165, 1.54) is 48.5 Å². The van der Waals surface area contributed by atoms with E-state index < -0.39 is 7.12 Å². The lowest BCUT2D eigenvalue weighted by molar-refractivity contribution is 0.426. The van der Waals surface area contributed by atoms with Crippen LogP contribution in [-0.4, -0.2) is 57.0 Å². The molecule has 6 heterocycles. The van der Waals surface area contributed by atoms with Crippen LogP contribution < -0.4 is 5.46 Å². The average molecular weight is 1590 g/mol. The van der Waals surface area contributed by atoms with Crippen LogP contribution in [-0.2, 0) is 0 Å². The lowest BCUT2D eigenvalue weighted by Gasteiger charge is -2.14. The number of para-hydroxylation sites is 4. The van der Waals surface area contributed by atoms with Crippen molar-refractivity contribution in [1.29, 1.82) is 0 Å². The predicted octanol–water partition coefficient (Wildman–Crippen LogP) is 26.6. The second-order valence-electron chi connectivity index (χ2n) is 30.2. The van der Waals surface area contributed by atoms with Gasteiger partial charge in [0.2, 0.25) is 0 Å². The quantitative estimate of drug-likeness (QED) is 0.0983. The van der Waals surface area contributed by atoms with Crippen LogP contribution in [0.25, 0.3) is 232 Å². The molecule has 0 saturated heterocycles. The van der Waals surface area contributed by atoms with E-state index in [0.29, 0.717) is 45.4 Å². The second kappa shape index (κ2) is 30.6. The molecular weight excluding hydrogens is 1520 g/mol. The highest BCUT2D eigenvalue weighted by atomic mass is 35.5. The van der Waals surface area contributed by atoms with E-state index in [1.807, 2.05) is 231 Å². The summed E-state index contributed by atoms with van der Waals surface area (Å²) in [6.07, 6.45) is 0. The maximum atomic E-state index is 9.42. The fraction of sp³-hybridized carbons (Fsp3) is 0. The maximum Gasteiger partial charge on any atom is 0.488 e. The van der Waals surface area contributed by atoms with Gasteiger partial charge >= 0.3 is 7.12 Å². The average Bonchev–Trinajstić information content (AvgIpc) is 1.53. The number of pyridine rings is 2. The molecule has 0 spiro atoms. The van der Waals surface area contributed by atoms with Crippen molar-refractivity contribution in [3.05, 3.63) is 393 Å². The first-order valence-electron chi connectivity index (χ1n) is 40.4. The Morgan fingerprint density at radius 2 is 0.492 bits per heavy atom. The highest BCUT2D eigenvalue weighted by molar-refractivity contribution is 6.59. The summed E-state index contributed by atoms with van der Waals surface area (Å²) in [5.74, 6) is 3.69. The van der Waals surface area contributed by atoms with E-state index in [4.69, 9.17) is 60.3 Å². The van der Waals surface area contributed by atoms with E-state index >= 15 is 0 Å². The SMILES string of the molecule is Clc1cccc2c1nc(-c1ccc(-c3nc(-c4ccccc4)nc(-c4ccccc4)n3)cc1)c1oc3ccccc3c12.OB(O)c1ccc2c3ccccc3c3ccccc3c2c1.c1ccc(-c2nc(-c3ccccc3)nc(-c3ccc(-c4nc5c(-c6ccc7c8ccccc8c8ccccc8c7c6)cccc5c5c4oc4ccccc45)cc3)n2)cc1. The molecule has 0 atom stereocenters. The minimum absolute atomic E-state index is 0.517. The third-order valence-electron chi connectivity index (χ3n) is 23.0. The number of aromatic nitrogens is 8. The van der Waals surface area contributed by atoms with E-state index in [-0.39, 0.29) is 0 Å². The van der Waals surface area contributed by atoms with Crippen LogP contribution in [0.2, 0.25) is 5.02 Å². The number of hydrogen-bond donors (Lipinski definition) is 2. The summed E-state index contributed by atoms with van der Waals surface area (Å²) in [6, 6.07) is 132. The highest BCUT2D eigenvalue weighted by Gasteiger charge is 2.25. The summed E-state index contributed by atoms with van der Waals surface area (Å²) in [5.41, 5.74) is 16.3. The van der Waals surface area contributed by atoms with Gasteiger partial charge < -0.3 is 18.9 Å². The van der Waals surface area contributed by atoms with E-state index in [2.05, 4.69) is 152 Å². The summed E-state index contributed by atoms with van der Waals surface area (Å²) < 4.78 is 13.1. The fourth-order valence-corrected chi connectivity index (χ4v) is 17.4. The summed E-state index contributed by atoms with van der Waals surface area (Å²) in [5, 5.41) is 40.0. The van der Waals surface area contributed by atoms with Crippen molar-refractivity contribution in [2.24, 2.45) is 0 Å². The van der Waals surface area contributed by atoms with Crippen LogP contribution in [0.5, 0.6) is 0 Å². The van der Waals surface area contributed by atoms with Gasteiger partial charge in [-0.05, 0) is 99.9 Å². The van der Waals surface area contributed by atoms with Gasteiger partial charge in [0.25, 0.3) is 0 Å². The molecule has 572 valence electrons. The molecule has 0 unspecified atom stereocenters. The summed E-state index contributed by atoms with van der Waals surface area (Å²) in [4.78, 5) is 39.9. The third-order valence-corrected chi connectivity index (χ3v) is 23.3. The largest absolute Gasteiger partial charge is 0.488 e. The Hall–Kier alpha value is -15.8. The van der Waals surface area contributed by atoms with Gasteiger partial charge in [0.1, 0.15) is 22.6 Å². The van der Waals surface area contributed by atoms with Crippen LogP contribution in [0, 0.1) is 0 Å². The Labute approximate surface area is 703 Å². The highest BCUT2D eigenvalue weighted by Crippen LogP contribution is 2.46. The Balaban J connectivity index is 0.000000122. The van der Waals surface area contributed by atoms with E-state index in [0.717, 1.165) is 149 Å². The van der Waals surface area contributed by atoms with Crippen LogP contribution >= 0.6 is 11.6 Å². The van der Waals surface area contributed by atoms with Crippen LogP contribution in [0.3, 0.4) is 0 Å². The fourth-order valence-electron chi connectivity index (χ4n) is 17.2. The first kappa shape index (κ1) is 72.7. The molecule has 0 aliphatic heterocycles. The number of hydrogen-bond acceptors (Lipinski definition) is 12. The van der Waals surface area contributed by atoms with Crippen molar-refractivity contribution >= 4 is 154 Å². The predicted molar refractivity (Wildman–Crippen MR) is 500 cm³/mol. The monoisotopic (exact) mass is 1580 g/mol. The smallest absolute Gasteiger partial charge is 0.454 e. The van der Waals surface area contributed by atoms with Gasteiger partial charge in [-0.3, -0.25) is 0 Å². The number of nitrogens with zero attached hydrogens (tertiary/aromatic N) is 8. The molecule has 18 aromatic carbocycles. The summed E-state index contributed by atoms with van der Waals surface area (Å²) >= 11 is 6.66. The minimum atomic E-state index is -1.44. The molecule has 0 radical (unpaired) electrons. The van der Waals surface area contributed by atoms with Gasteiger partial charge in [0.15, 0.2) is 46.1 Å². The minimum Gasteiger partial charge on any atom is -0.454 e. The summed E-state index contributed by atoms with van der Waals surface area (Å²) in [7, 11) is -1.44. The molecule has 6 aromatic heterocycles. The molecule has 24 rings (SSSR count). The molecule has 122 heavy (non-hydrogen) atoms. The first-order valence-corrected chi connectivity index (χ1v) is 40.7. The van der Waals surface area contributed by atoms with Gasteiger partial charge in [0, 0.05) is 82.4 Å².